The van der Waals surface area contributed by atoms with Gasteiger partial charge in [-0.25, -0.2) is 4.99 Å². The lowest BCUT2D eigenvalue weighted by Gasteiger charge is -2.26. The van der Waals surface area contributed by atoms with Crippen LogP contribution in [0.5, 0.6) is 11.5 Å². The zero-order valence-corrected chi connectivity index (χ0v) is 20.2. The highest BCUT2D eigenvalue weighted by molar-refractivity contribution is 8.14. The zero-order chi connectivity index (χ0) is 23.2. The molecule has 1 saturated heterocycles. The lowest BCUT2D eigenvalue weighted by Crippen LogP contribution is -2.38. The minimum absolute atomic E-state index is 0.191. The molecule has 0 N–H and O–H groups in total. The maximum atomic E-state index is 13.4. The number of hydrogen-bond acceptors (Lipinski definition) is 7. The monoisotopic (exact) mass is 487 g/mol. The molecule has 1 amide bonds. The molecule has 0 aliphatic carbocycles. The molecule has 2 aromatic rings. The van der Waals surface area contributed by atoms with Crippen molar-refractivity contribution >= 4 is 46.2 Å². The molecule has 174 valence electrons. The lowest BCUT2D eigenvalue weighted by atomic mass is 10.2. The van der Waals surface area contributed by atoms with Crippen molar-refractivity contribution in [3.63, 3.8) is 0 Å². The van der Waals surface area contributed by atoms with Gasteiger partial charge in [-0.2, -0.15) is 0 Å². The fraction of sp³-hybridized carbons (Fsp3) is 0.333. The van der Waals surface area contributed by atoms with Crippen LogP contribution in [0.15, 0.2) is 53.2 Å². The molecule has 0 atom stereocenters. The topological polar surface area (TPSA) is 63.6 Å². The number of nitrogens with zero attached hydrogens (tertiary/aromatic N) is 3. The number of aliphatic imine (C=N–C) groups is 1. The van der Waals surface area contributed by atoms with E-state index in [0.717, 1.165) is 49.9 Å². The maximum Gasteiger partial charge on any atom is 0.283 e. The first-order chi connectivity index (χ1) is 16.1. The number of amides is 1. The van der Waals surface area contributed by atoms with Gasteiger partial charge in [0.2, 0.25) is 0 Å². The predicted molar refractivity (Wildman–Crippen MR) is 134 cm³/mol. The standard InChI is InChI=1S/C24H26ClN3O4S/c1-30-19-6-3-17(4-7-19)15-21-23(29)28(18-5-8-20(25)22(16-18)31-2)24(26-21)33-14-11-27-9-12-32-13-10-27/h3-8,15-16H,9-14H2,1-2H3/b21-15-. The number of thioether (sulfide) groups is 1. The average Bonchev–Trinajstić information content (AvgIpc) is 3.15. The molecule has 2 aliphatic rings. The van der Waals surface area contributed by atoms with Gasteiger partial charge < -0.3 is 14.2 Å². The molecule has 33 heavy (non-hydrogen) atoms. The molecular formula is C24H26ClN3O4S. The fourth-order valence-corrected chi connectivity index (χ4v) is 4.76. The number of anilines is 1. The van der Waals surface area contributed by atoms with E-state index >= 15 is 0 Å². The summed E-state index contributed by atoms with van der Waals surface area (Å²) in [6.45, 7) is 4.26. The smallest absolute Gasteiger partial charge is 0.283 e. The second kappa shape index (κ2) is 11.1. The van der Waals surface area contributed by atoms with E-state index in [2.05, 4.69) is 4.90 Å². The Balaban J connectivity index is 1.58. The van der Waals surface area contributed by atoms with Crippen LogP contribution in [0.4, 0.5) is 5.69 Å². The van der Waals surface area contributed by atoms with Crippen LogP contribution in [0, 0.1) is 0 Å². The van der Waals surface area contributed by atoms with Crippen molar-refractivity contribution < 1.29 is 19.0 Å². The van der Waals surface area contributed by atoms with Crippen molar-refractivity contribution in [1.29, 1.82) is 0 Å². The van der Waals surface area contributed by atoms with E-state index in [4.69, 9.17) is 30.8 Å². The number of methoxy groups -OCH3 is 2. The van der Waals surface area contributed by atoms with E-state index in [9.17, 15) is 4.79 Å². The molecule has 0 aromatic heterocycles. The van der Waals surface area contributed by atoms with Crippen LogP contribution in [0.2, 0.25) is 5.02 Å². The highest BCUT2D eigenvalue weighted by Crippen LogP contribution is 2.34. The van der Waals surface area contributed by atoms with Crippen molar-refractivity contribution in [3.05, 3.63) is 58.7 Å². The van der Waals surface area contributed by atoms with Crippen molar-refractivity contribution in [2.75, 3.05) is 57.7 Å². The van der Waals surface area contributed by atoms with E-state index in [1.165, 1.54) is 0 Å². The first kappa shape index (κ1) is 23.6. The number of halogens is 1. The number of carbonyl (C=O) groups is 1. The Labute approximate surface area is 203 Å². The third-order valence-electron chi connectivity index (χ3n) is 5.38. The van der Waals surface area contributed by atoms with Gasteiger partial charge in [0.25, 0.3) is 5.91 Å². The first-order valence-corrected chi connectivity index (χ1v) is 12.0. The molecular weight excluding hydrogens is 462 g/mol. The Hall–Kier alpha value is -2.52. The molecule has 0 bridgehead atoms. The summed E-state index contributed by atoms with van der Waals surface area (Å²) in [4.78, 5) is 22.1. The summed E-state index contributed by atoms with van der Waals surface area (Å²) in [7, 11) is 3.18. The second-order valence-electron chi connectivity index (χ2n) is 7.46. The molecule has 7 nitrogen and oxygen atoms in total. The molecule has 9 heteroatoms. The van der Waals surface area contributed by atoms with Gasteiger partial charge in [0, 0.05) is 31.5 Å². The number of morpholine rings is 1. The van der Waals surface area contributed by atoms with E-state index < -0.39 is 0 Å². The summed E-state index contributed by atoms with van der Waals surface area (Å²) in [6.07, 6.45) is 1.79. The zero-order valence-electron chi connectivity index (χ0n) is 18.6. The summed E-state index contributed by atoms with van der Waals surface area (Å²) < 4.78 is 16.0. The lowest BCUT2D eigenvalue weighted by molar-refractivity contribution is -0.113. The number of carbonyl (C=O) groups excluding carboxylic acids is 1. The van der Waals surface area contributed by atoms with Crippen LogP contribution >= 0.6 is 23.4 Å². The average molecular weight is 488 g/mol. The SMILES string of the molecule is COc1ccc(/C=C2\N=C(SCCN3CCOCC3)N(c3ccc(Cl)c(OC)c3)C2=O)cc1. The van der Waals surface area contributed by atoms with Crippen molar-refractivity contribution in [2.45, 2.75) is 0 Å². The second-order valence-corrected chi connectivity index (χ2v) is 8.93. The Bertz CT molecular complexity index is 1050. The maximum absolute atomic E-state index is 13.4. The molecule has 2 heterocycles. The summed E-state index contributed by atoms with van der Waals surface area (Å²) in [5.74, 6) is 1.88. The van der Waals surface area contributed by atoms with Gasteiger partial charge in [0.05, 0.1) is 38.1 Å². The highest BCUT2D eigenvalue weighted by Gasteiger charge is 2.32. The quantitative estimate of drug-likeness (QED) is 0.546. The van der Waals surface area contributed by atoms with Crippen molar-refractivity contribution in [2.24, 2.45) is 4.99 Å². The van der Waals surface area contributed by atoms with Crippen LogP contribution in [-0.4, -0.2) is 68.8 Å². The largest absolute Gasteiger partial charge is 0.497 e. The van der Waals surface area contributed by atoms with Gasteiger partial charge in [-0.15, -0.1) is 0 Å². The number of amidine groups is 1. The predicted octanol–water partition coefficient (Wildman–Crippen LogP) is 4.17. The Morgan fingerprint density at radius 2 is 1.88 bits per heavy atom. The molecule has 2 aliphatic heterocycles. The molecule has 0 unspecified atom stereocenters. The van der Waals surface area contributed by atoms with Gasteiger partial charge in [-0.05, 0) is 35.9 Å². The summed E-state index contributed by atoms with van der Waals surface area (Å²) in [6, 6.07) is 12.8. The van der Waals surface area contributed by atoms with Crippen molar-refractivity contribution in [1.82, 2.24) is 4.90 Å². The number of benzene rings is 2. The minimum Gasteiger partial charge on any atom is -0.497 e. The molecule has 1 fully saturated rings. The minimum atomic E-state index is -0.191. The van der Waals surface area contributed by atoms with Gasteiger partial charge in [0.15, 0.2) is 5.17 Å². The molecule has 4 rings (SSSR count). The van der Waals surface area contributed by atoms with E-state index in [0.29, 0.717) is 27.3 Å². The van der Waals surface area contributed by atoms with Gasteiger partial charge >= 0.3 is 0 Å². The number of rotatable bonds is 7. The van der Waals surface area contributed by atoms with Crippen LogP contribution < -0.4 is 14.4 Å². The number of ether oxygens (including phenoxy) is 3. The van der Waals surface area contributed by atoms with E-state index in [-0.39, 0.29) is 5.91 Å². The van der Waals surface area contributed by atoms with Gasteiger partial charge in [-0.1, -0.05) is 35.5 Å². The van der Waals surface area contributed by atoms with Crippen LogP contribution in [0.3, 0.4) is 0 Å². The summed E-state index contributed by atoms with van der Waals surface area (Å²) in [5, 5.41) is 1.12. The molecule has 0 spiro atoms. The van der Waals surface area contributed by atoms with E-state index in [1.807, 2.05) is 24.3 Å². The summed E-state index contributed by atoms with van der Waals surface area (Å²) in [5.41, 5.74) is 1.91. The Morgan fingerprint density at radius 3 is 2.58 bits per heavy atom. The summed E-state index contributed by atoms with van der Waals surface area (Å²) >= 11 is 7.77. The van der Waals surface area contributed by atoms with Gasteiger partial charge in [-0.3, -0.25) is 14.6 Å². The fourth-order valence-electron chi connectivity index (χ4n) is 3.56. The van der Waals surface area contributed by atoms with Crippen LogP contribution in [0.1, 0.15) is 5.56 Å². The molecule has 2 aromatic carbocycles. The third kappa shape index (κ3) is 5.70. The van der Waals surface area contributed by atoms with Crippen molar-refractivity contribution in [3.8, 4) is 11.5 Å². The highest BCUT2D eigenvalue weighted by atomic mass is 35.5. The third-order valence-corrected chi connectivity index (χ3v) is 6.62. The number of hydrogen-bond donors (Lipinski definition) is 0. The molecule has 0 saturated carbocycles. The first-order valence-electron chi connectivity index (χ1n) is 10.6. The van der Waals surface area contributed by atoms with Crippen LogP contribution in [0.25, 0.3) is 6.08 Å². The normalized spacial score (nSPS) is 18.0. The Kier molecular flexibility index (Phi) is 7.93. The van der Waals surface area contributed by atoms with Crippen LogP contribution in [-0.2, 0) is 9.53 Å². The molecule has 0 radical (unpaired) electrons. The Morgan fingerprint density at radius 1 is 1.12 bits per heavy atom. The van der Waals surface area contributed by atoms with E-state index in [1.54, 1.807) is 55.2 Å². The van der Waals surface area contributed by atoms with Gasteiger partial charge in [0.1, 0.15) is 17.2 Å².